The number of aromatic amines is 1. The van der Waals surface area contributed by atoms with Gasteiger partial charge in [0.1, 0.15) is 12.4 Å². The number of nitrogens with zero attached hydrogens (tertiary/aromatic N) is 7. The number of imidazole rings is 1. The Kier molecular flexibility index (Phi) is 5.31. The van der Waals surface area contributed by atoms with E-state index in [2.05, 4.69) is 25.4 Å². The summed E-state index contributed by atoms with van der Waals surface area (Å²) in [5, 5.41) is 7.06. The molecule has 1 amide bonds. The molecule has 2 N–H and O–H groups in total. The number of rotatable bonds is 5. The number of nitrogens with one attached hydrogen (secondary N) is 2. The first-order chi connectivity index (χ1) is 15.6. The summed E-state index contributed by atoms with van der Waals surface area (Å²) in [5.74, 6) is 0.0136. The lowest BCUT2D eigenvalue weighted by Crippen LogP contribution is -2.37. The van der Waals surface area contributed by atoms with Gasteiger partial charge in [0.2, 0.25) is 11.9 Å². The van der Waals surface area contributed by atoms with E-state index in [0.717, 1.165) is 4.57 Å². The SMILES string of the molecule is CCc1c(C)nc(-n2nc(C)cc2NC(=O)Cn2cnc3c2c(=O)n(C)c(=O)n3C)[nH]c1=O. The molecule has 0 radical (unpaired) electrons. The monoisotopic (exact) mass is 453 g/mol. The fourth-order valence-corrected chi connectivity index (χ4v) is 3.72. The van der Waals surface area contributed by atoms with Gasteiger partial charge in [-0.15, -0.1) is 0 Å². The van der Waals surface area contributed by atoms with Crippen molar-refractivity contribution < 1.29 is 4.79 Å². The van der Waals surface area contributed by atoms with Crippen molar-refractivity contribution in [2.45, 2.75) is 33.7 Å². The molecule has 0 bridgehead atoms. The van der Waals surface area contributed by atoms with E-state index in [9.17, 15) is 19.2 Å². The van der Waals surface area contributed by atoms with E-state index in [1.165, 1.54) is 34.2 Å². The van der Waals surface area contributed by atoms with Crippen molar-refractivity contribution >= 4 is 22.9 Å². The molecule has 0 saturated heterocycles. The molecule has 0 aliphatic carbocycles. The van der Waals surface area contributed by atoms with Crippen molar-refractivity contribution in [1.29, 1.82) is 0 Å². The van der Waals surface area contributed by atoms with Crippen LogP contribution in [0.1, 0.15) is 23.9 Å². The Balaban J connectivity index is 1.68. The molecule has 33 heavy (non-hydrogen) atoms. The van der Waals surface area contributed by atoms with Gasteiger partial charge in [-0.3, -0.25) is 28.5 Å². The Hall–Kier alpha value is -4.29. The quantitative estimate of drug-likeness (QED) is 0.414. The Labute approximate surface area is 186 Å². The Morgan fingerprint density at radius 2 is 1.88 bits per heavy atom. The van der Waals surface area contributed by atoms with Crippen LogP contribution in [0, 0.1) is 13.8 Å². The highest BCUT2D eigenvalue weighted by Gasteiger charge is 2.18. The largest absolute Gasteiger partial charge is 0.332 e. The fourth-order valence-electron chi connectivity index (χ4n) is 3.72. The van der Waals surface area contributed by atoms with Gasteiger partial charge in [0, 0.05) is 31.4 Å². The van der Waals surface area contributed by atoms with E-state index in [1.54, 1.807) is 19.9 Å². The smallest absolute Gasteiger partial charge is 0.315 e. The van der Waals surface area contributed by atoms with Gasteiger partial charge in [0.25, 0.3) is 11.1 Å². The van der Waals surface area contributed by atoms with Crippen molar-refractivity contribution in [2.75, 3.05) is 5.32 Å². The van der Waals surface area contributed by atoms with Crippen LogP contribution in [0.5, 0.6) is 0 Å². The second-order valence-corrected chi connectivity index (χ2v) is 7.69. The molecule has 0 aromatic carbocycles. The Bertz CT molecular complexity index is 1580. The third-order valence-corrected chi connectivity index (χ3v) is 5.39. The number of anilines is 1. The lowest BCUT2D eigenvalue weighted by atomic mass is 10.2. The Morgan fingerprint density at radius 3 is 2.55 bits per heavy atom. The van der Waals surface area contributed by atoms with E-state index < -0.39 is 17.2 Å². The van der Waals surface area contributed by atoms with Gasteiger partial charge in [0.15, 0.2) is 11.2 Å². The standard InChI is InChI=1S/C20H23N9O4/c1-6-12-11(3)22-19(24-17(12)31)29-13(7-10(2)25-29)23-14(30)8-28-9-21-16-15(28)18(32)27(5)20(33)26(16)4/h7,9H,6,8H2,1-5H3,(H,23,30)(H,22,24,31). The lowest BCUT2D eigenvalue weighted by Gasteiger charge is -2.10. The summed E-state index contributed by atoms with van der Waals surface area (Å²) in [6.07, 6.45) is 1.87. The molecule has 13 heteroatoms. The zero-order valence-electron chi connectivity index (χ0n) is 18.8. The van der Waals surface area contributed by atoms with Gasteiger partial charge < -0.3 is 9.88 Å². The number of H-pyrrole nitrogens is 1. The predicted molar refractivity (Wildman–Crippen MR) is 120 cm³/mol. The number of fused-ring (bicyclic) bond motifs is 1. The summed E-state index contributed by atoms with van der Waals surface area (Å²) in [6.45, 7) is 5.12. The molecule has 0 spiro atoms. The molecule has 0 saturated carbocycles. The highest BCUT2D eigenvalue weighted by atomic mass is 16.2. The molecule has 4 aromatic heterocycles. The van der Waals surface area contributed by atoms with E-state index in [4.69, 9.17) is 0 Å². The lowest BCUT2D eigenvalue weighted by molar-refractivity contribution is -0.116. The number of amides is 1. The average molecular weight is 453 g/mol. The highest BCUT2D eigenvalue weighted by Crippen LogP contribution is 2.15. The molecule has 0 aliphatic rings. The van der Waals surface area contributed by atoms with Crippen LogP contribution >= 0.6 is 0 Å². The van der Waals surface area contributed by atoms with E-state index >= 15 is 0 Å². The number of hydrogen-bond donors (Lipinski definition) is 2. The minimum atomic E-state index is -0.549. The number of hydrogen-bond acceptors (Lipinski definition) is 7. The van der Waals surface area contributed by atoms with Crippen LogP contribution in [0.25, 0.3) is 17.1 Å². The van der Waals surface area contributed by atoms with E-state index in [1.807, 2.05) is 6.92 Å². The average Bonchev–Trinajstić information content (AvgIpc) is 3.33. The summed E-state index contributed by atoms with van der Waals surface area (Å²) in [4.78, 5) is 61.1. The van der Waals surface area contributed by atoms with Crippen molar-refractivity contribution in [3.63, 3.8) is 0 Å². The van der Waals surface area contributed by atoms with Crippen molar-refractivity contribution in [1.82, 2.24) is 38.4 Å². The molecule has 172 valence electrons. The molecular formula is C20H23N9O4. The highest BCUT2D eigenvalue weighted by molar-refractivity contribution is 5.90. The summed E-state index contributed by atoms with van der Waals surface area (Å²) < 4.78 is 4.92. The van der Waals surface area contributed by atoms with Crippen LogP contribution in [0.3, 0.4) is 0 Å². The van der Waals surface area contributed by atoms with Crippen LogP contribution in [-0.2, 0) is 31.9 Å². The summed E-state index contributed by atoms with van der Waals surface area (Å²) >= 11 is 0. The zero-order valence-corrected chi connectivity index (χ0v) is 18.8. The number of carbonyl (C=O) groups is 1. The van der Waals surface area contributed by atoms with Crippen molar-refractivity contribution in [3.05, 3.63) is 60.5 Å². The van der Waals surface area contributed by atoms with Crippen LogP contribution in [0.4, 0.5) is 5.82 Å². The van der Waals surface area contributed by atoms with Crippen LogP contribution in [0.15, 0.2) is 26.8 Å². The van der Waals surface area contributed by atoms with Gasteiger partial charge in [-0.2, -0.15) is 9.78 Å². The first-order valence-electron chi connectivity index (χ1n) is 10.2. The molecule has 0 fully saturated rings. The van der Waals surface area contributed by atoms with Crippen molar-refractivity contribution in [2.24, 2.45) is 14.1 Å². The molecule has 4 aromatic rings. The maximum Gasteiger partial charge on any atom is 0.332 e. The van der Waals surface area contributed by atoms with Crippen LogP contribution in [0.2, 0.25) is 0 Å². The molecule has 13 nitrogen and oxygen atoms in total. The molecule has 0 aliphatic heterocycles. The van der Waals surface area contributed by atoms with Gasteiger partial charge in [-0.05, 0) is 20.3 Å². The maximum atomic E-state index is 12.8. The zero-order chi connectivity index (χ0) is 24.0. The third-order valence-electron chi connectivity index (χ3n) is 5.39. The number of carbonyl (C=O) groups excluding carboxylic acids is 1. The summed E-state index contributed by atoms with van der Waals surface area (Å²) in [6, 6.07) is 1.63. The van der Waals surface area contributed by atoms with E-state index in [0.29, 0.717) is 29.2 Å². The first kappa shape index (κ1) is 21.9. The first-order valence-corrected chi connectivity index (χ1v) is 10.2. The Morgan fingerprint density at radius 1 is 1.15 bits per heavy atom. The van der Waals surface area contributed by atoms with Gasteiger partial charge in [-0.1, -0.05) is 6.92 Å². The second-order valence-electron chi connectivity index (χ2n) is 7.69. The normalized spacial score (nSPS) is 11.3. The molecule has 4 rings (SSSR count). The summed E-state index contributed by atoms with van der Waals surface area (Å²) in [7, 11) is 2.87. The second kappa shape index (κ2) is 8.00. The topological polar surface area (TPSA) is 154 Å². The van der Waals surface area contributed by atoms with Crippen LogP contribution < -0.4 is 22.1 Å². The van der Waals surface area contributed by atoms with Gasteiger partial charge in [-0.25, -0.2) is 14.8 Å². The number of aryl methyl sites for hydroxylation is 3. The third kappa shape index (κ3) is 3.66. The number of aromatic nitrogens is 8. The minimum absolute atomic E-state index is 0.135. The molecule has 4 heterocycles. The maximum absolute atomic E-state index is 12.8. The molecular weight excluding hydrogens is 430 g/mol. The minimum Gasteiger partial charge on any atom is -0.315 e. The van der Waals surface area contributed by atoms with Gasteiger partial charge >= 0.3 is 5.69 Å². The molecule has 0 unspecified atom stereocenters. The predicted octanol–water partition coefficient (Wildman–Crippen LogP) is -0.479. The van der Waals surface area contributed by atoms with Crippen molar-refractivity contribution in [3.8, 4) is 5.95 Å². The van der Waals surface area contributed by atoms with E-state index in [-0.39, 0.29) is 29.2 Å². The van der Waals surface area contributed by atoms with Gasteiger partial charge in [0.05, 0.1) is 12.0 Å². The fraction of sp³-hybridized carbons (Fsp3) is 0.350. The molecule has 0 atom stereocenters. The van der Waals surface area contributed by atoms with Crippen LogP contribution in [-0.4, -0.2) is 44.3 Å². The summed E-state index contributed by atoms with van der Waals surface area (Å²) in [5.41, 5.74) is 0.754.